The second-order valence-corrected chi connectivity index (χ2v) is 47.0. The Morgan fingerprint density at radius 1 is 0.425 bits per heavy atom. The van der Waals surface area contributed by atoms with Crippen LogP contribution in [0.2, 0.25) is 33.2 Å². The van der Waals surface area contributed by atoms with Crippen molar-refractivity contribution < 1.29 is 0 Å². The second kappa shape index (κ2) is 11.1. The van der Waals surface area contributed by atoms with Gasteiger partial charge in [0.2, 0.25) is 0 Å². The van der Waals surface area contributed by atoms with Gasteiger partial charge in [0.25, 0.3) is 0 Å². The molecule has 0 aliphatic rings. The van der Waals surface area contributed by atoms with Gasteiger partial charge in [0.05, 0.1) is 23.1 Å². The van der Waals surface area contributed by atoms with Gasteiger partial charge >= 0.3 is 0 Å². The lowest BCUT2D eigenvalue weighted by molar-refractivity contribution is 0.627. The molecule has 0 bridgehead atoms. The first-order chi connectivity index (χ1) is 17.6. The van der Waals surface area contributed by atoms with Crippen molar-refractivity contribution in [3.63, 3.8) is 0 Å². The molecule has 224 valence electrons. The fourth-order valence-electron chi connectivity index (χ4n) is 8.27. The Labute approximate surface area is 254 Å². The van der Waals surface area contributed by atoms with Crippen LogP contribution in [0.4, 0.5) is 0 Å². The fraction of sp³-hybridized carbons (Fsp3) is 0.667. The summed E-state index contributed by atoms with van der Waals surface area (Å²) < 4.78 is 0. The van der Waals surface area contributed by atoms with Crippen molar-refractivity contribution in [2.45, 2.75) is 158 Å². The summed E-state index contributed by atoms with van der Waals surface area (Å²) in [5.41, 5.74) is 9.01. The number of benzene rings is 2. The lowest BCUT2D eigenvalue weighted by Gasteiger charge is -2.62. The van der Waals surface area contributed by atoms with Crippen LogP contribution in [0.3, 0.4) is 0 Å². The van der Waals surface area contributed by atoms with Crippen molar-refractivity contribution in [3.8, 4) is 0 Å². The van der Waals surface area contributed by atoms with E-state index in [4.69, 9.17) is 0 Å². The highest BCUT2D eigenvalue weighted by Crippen LogP contribution is 2.59. The normalized spacial score (nSPS) is 14.0. The summed E-state index contributed by atoms with van der Waals surface area (Å²) >= 11 is 0. The van der Waals surface area contributed by atoms with Crippen molar-refractivity contribution in [2.24, 2.45) is 0 Å². The zero-order valence-corrected chi connectivity index (χ0v) is 34.3. The molecule has 0 amide bonds. The molecule has 0 unspecified atom stereocenters. The van der Waals surface area contributed by atoms with Crippen LogP contribution in [0.5, 0.6) is 0 Å². The minimum absolute atomic E-state index is 0.305. The smallest absolute Gasteiger partial charge is 0.0651 e. The van der Waals surface area contributed by atoms with Gasteiger partial charge in [-0.25, -0.2) is 0 Å². The fourth-order valence-corrected chi connectivity index (χ4v) is 88.8. The molecule has 2 rings (SSSR count). The third-order valence-electron chi connectivity index (χ3n) is 11.1. The van der Waals surface area contributed by atoms with E-state index >= 15 is 0 Å². The molecule has 2 aromatic rings. The molecule has 0 fully saturated rings. The minimum atomic E-state index is -1.98. The first kappa shape index (κ1) is 35.5. The van der Waals surface area contributed by atoms with Crippen molar-refractivity contribution in [3.05, 3.63) is 57.6 Å². The molecule has 0 spiro atoms. The highest BCUT2D eigenvalue weighted by atomic mass is 29.8. The van der Waals surface area contributed by atoms with Gasteiger partial charge in [-0.1, -0.05) is 132 Å². The van der Waals surface area contributed by atoms with Crippen LogP contribution in [0.1, 0.15) is 116 Å². The van der Waals surface area contributed by atoms with Crippen molar-refractivity contribution >= 4 is 40.4 Å². The predicted octanol–water partition coefficient (Wildman–Crippen LogP) is 10.2. The first-order valence-corrected chi connectivity index (χ1v) is 26.6. The molecular formula is C36H64Si4. The molecule has 0 radical (unpaired) electrons. The van der Waals surface area contributed by atoms with Crippen molar-refractivity contribution in [2.75, 3.05) is 0 Å². The minimum Gasteiger partial charge on any atom is -0.0684 e. The Morgan fingerprint density at radius 2 is 0.625 bits per heavy atom. The van der Waals surface area contributed by atoms with Crippen LogP contribution in [0.25, 0.3) is 0 Å². The van der Waals surface area contributed by atoms with Crippen LogP contribution in [-0.2, 0) is 0 Å². The van der Waals surface area contributed by atoms with E-state index in [0.29, 0.717) is 20.2 Å². The molecule has 2 aromatic carbocycles. The first-order valence-electron chi connectivity index (χ1n) is 15.6. The molecule has 4 heteroatoms. The van der Waals surface area contributed by atoms with Crippen molar-refractivity contribution in [1.29, 1.82) is 0 Å². The number of rotatable bonds is 4. The standard InChI is InChI=1S/C36H64Si4/c1-25-21-27(3)31(28(4)22-25)37(32-29(5)23-26(2)24-30(32)6)38(39(19,33(7,8)9)34(10,11)12)40(20,35(13,14)15)36(16,17)18/h21-24H,1-20H3. The van der Waals surface area contributed by atoms with Gasteiger partial charge in [0.1, 0.15) is 0 Å². The predicted molar refractivity (Wildman–Crippen MR) is 194 cm³/mol. The Balaban J connectivity index is 3.70. The SMILES string of the molecule is Cc1cc(C)c([Si](c2c(C)cc(C)cc2C)=[Si]([Si](C)(C(C)(C)C)C(C)(C)C)[Si](C)(C(C)(C)C)C(C)(C)C)c(C)c1. The van der Waals surface area contributed by atoms with E-state index in [1.54, 1.807) is 32.6 Å². The summed E-state index contributed by atoms with van der Waals surface area (Å²) in [6, 6.07) is 10.0. The number of hydrogen-bond acceptors (Lipinski definition) is 0. The summed E-state index contributed by atoms with van der Waals surface area (Å²) in [5, 5.41) is 4.75. The summed E-state index contributed by atoms with van der Waals surface area (Å²) in [4.78, 5) is 0. The van der Waals surface area contributed by atoms with Crippen LogP contribution < -0.4 is 10.4 Å². The van der Waals surface area contributed by atoms with Gasteiger partial charge in [-0.2, -0.15) is 0 Å². The average Bonchev–Trinajstić information content (AvgIpc) is 2.68. The monoisotopic (exact) mass is 608 g/mol. The van der Waals surface area contributed by atoms with Crippen molar-refractivity contribution in [1.82, 2.24) is 0 Å². The van der Waals surface area contributed by atoms with Gasteiger partial charge in [0.15, 0.2) is 0 Å². The van der Waals surface area contributed by atoms with E-state index < -0.39 is 30.0 Å². The molecule has 0 nitrogen and oxygen atoms in total. The number of aryl methyl sites for hydroxylation is 6. The Bertz CT molecular complexity index is 1120. The van der Waals surface area contributed by atoms with E-state index in [9.17, 15) is 0 Å². The molecule has 0 saturated carbocycles. The summed E-state index contributed by atoms with van der Waals surface area (Å²) in [6.45, 7) is 50.9. The zero-order valence-electron chi connectivity index (χ0n) is 30.3. The third kappa shape index (κ3) is 5.90. The van der Waals surface area contributed by atoms with Crippen LogP contribution in [0, 0.1) is 41.5 Å². The average molecular weight is 609 g/mol. The maximum absolute atomic E-state index is 2.90. The quantitative estimate of drug-likeness (QED) is 0.303. The summed E-state index contributed by atoms with van der Waals surface area (Å²) in [6.07, 6.45) is 0. The van der Waals surface area contributed by atoms with Gasteiger partial charge < -0.3 is 0 Å². The molecule has 40 heavy (non-hydrogen) atoms. The highest BCUT2D eigenvalue weighted by molar-refractivity contribution is 7.70. The zero-order chi connectivity index (χ0) is 31.6. The Morgan fingerprint density at radius 3 is 0.800 bits per heavy atom. The van der Waals surface area contributed by atoms with Crippen LogP contribution >= 0.6 is 0 Å². The highest BCUT2D eigenvalue weighted by Gasteiger charge is 2.63. The largest absolute Gasteiger partial charge is 0.0684 e. The van der Waals surface area contributed by atoms with E-state index in [-0.39, 0.29) is 0 Å². The lowest BCUT2D eigenvalue weighted by atomic mass is 10.1. The van der Waals surface area contributed by atoms with E-state index in [2.05, 4.69) is 162 Å². The second-order valence-electron chi connectivity index (χ2n) is 17.5. The van der Waals surface area contributed by atoms with E-state index in [1.165, 1.54) is 11.1 Å². The molecule has 0 aromatic heterocycles. The van der Waals surface area contributed by atoms with Crippen LogP contribution in [0.15, 0.2) is 24.3 Å². The van der Waals surface area contributed by atoms with E-state index in [1.807, 2.05) is 0 Å². The lowest BCUT2D eigenvalue weighted by Crippen LogP contribution is -2.76. The van der Waals surface area contributed by atoms with Gasteiger partial charge in [-0.15, -0.1) is 0 Å². The molecule has 0 saturated heterocycles. The molecule has 0 aliphatic carbocycles. The Hall–Kier alpha value is -0.692. The van der Waals surface area contributed by atoms with Crippen LogP contribution in [-0.4, -0.2) is 30.0 Å². The summed E-state index contributed by atoms with van der Waals surface area (Å²) in [5.74, 6) is 0. The molecule has 0 N–H and O–H groups in total. The van der Waals surface area contributed by atoms with Gasteiger partial charge in [-0.3, -0.25) is 0 Å². The summed E-state index contributed by atoms with van der Waals surface area (Å²) in [7, 11) is -5.06. The number of hydrogen-bond donors (Lipinski definition) is 0. The maximum Gasteiger partial charge on any atom is 0.0651 e. The third-order valence-corrected chi connectivity index (χ3v) is 68.7. The molecule has 0 aliphatic heterocycles. The molecule has 0 heterocycles. The molecule has 0 atom stereocenters. The van der Waals surface area contributed by atoms with E-state index in [0.717, 1.165) is 0 Å². The maximum atomic E-state index is 2.90. The van der Waals surface area contributed by atoms with Gasteiger partial charge in [0, 0.05) is 0 Å². The topological polar surface area (TPSA) is 0 Å². The Kier molecular flexibility index (Phi) is 9.85. The van der Waals surface area contributed by atoms with Gasteiger partial charge in [-0.05, 0) is 101 Å². The molecular weight excluding hydrogens is 545 g/mol.